The van der Waals surface area contributed by atoms with Gasteiger partial charge in [-0.25, -0.2) is 4.79 Å². The van der Waals surface area contributed by atoms with Crippen molar-refractivity contribution in [1.82, 2.24) is 26.6 Å². The molecule has 4 unspecified atom stereocenters. The summed E-state index contributed by atoms with van der Waals surface area (Å²) < 4.78 is 5.36. The van der Waals surface area contributed by atoms with Crippen LogP contribution in [0.15, 0.2) is 0 Å². The summed E-state index contributed by atoms with van der Waals surface area (Å²) in [6.07, 6.45) is 4.46. The van der Waals surface area contributed by atoms with Crippen molar-refractivity contribution in [3.63, 3.8) is 0 Å². The van der Waals surface area contributed by atoms with E-state index >= 15 is 0 Å². The zero-order chi connectivity index (χ0) is 17.5. The minimum absolute atomic E-state index is 0.0540. The first-order valence-corrected chi connectivity index (χ1v) is 8.99. The third-order valence-electron chi connectivity index (χ3n) is 4.69. The number of amides is 2. The maximum Gasteiger partial charge on any atom is 0.317 e. The topological polar surface area (TPSA) is 107 Å². The Labute approximate surface area is 144 Å². The molecular weight excluding hydrogens is 310 g/mol. The van der Waals surface area contributed by atoms with Crippen LogP contribution in [0, 0.1) is 0 Å². The number of carbonyl (C=O) groups is 1. The van der Waals surface area contributed by atoms with Crippen LogP contribution in [0.2, 0.25) is 0 Å². The van der Waals surface area contributed by atoms with E-state index in [-0.39, 0.29) is 30.6 Å². The fraction of sp³-hybridized carbons (Fsp3) is 0.938. The SMILES string of the molecule is COC1CCC(NC(=O)NC2NC(C)CC(NCC(C)O)N2)CC1. The number of aliphatic hydroxyl groups is 1. The molecule has 2 rings (SSSR count). The van der Waals surface area contributed by atoms with Gasteiger partial charge in [0.25, 0.3) is 0 Å². The molecule has 0 spiro atoms. The molecule has 24 heavy (non-hydrogen) atoms. The Balaban J connectivity index is 1.72. The van der Waals surface area contributed by atoms with Crippen LogP contribution in [0.25, 0.3) is 0 Å². The van der Waals surface area contributed by atoms with E-state index in [0.29, 0.717) is 12.6 Å². The van der Waals surface area contributed by atoms with Gasteiger partial charge in [-0.3, -0.25) is 16.0 Å². The van der Waals surface area contributed by atoms with Crippen molar-refractivity contribution in [2.24, 2.45) is 0 Å². The van der Waals surface area contributed by atoms with E-state index in [1.54, 1.807) is 14.0 Å². The molecule has 2 aliphatic rings. The Morgan fingerprint density at radius 3 is 2.58 bits per heavy atom. The highest BCUT2D eigenvalue weighted by molar-refractivity contribution is 5.74. The normalized spacial score (nSPS) is 35.2. The fourth-order valence-electron chi connectivity index (χ4n) is 3.36. The lowest BCUT2D eigenvalue weighted by Crippen LogP contribution is -2.68. The summed E-state index contributed by atoms with van der Waals surface area (Å²) in [6.45, 7) is 4.35. The highest BCUT2D eigenvalue weighted by Crippen LogP contribution is 2.20. The second kappa shape index (κ2) is 9.53. The Morgan fingerprint density at radius 1 is 1.25 bits per heavy atom. The van der Waals surface area contributed by atoms with Gasteiger partial charge in [0.2, 0.25) is 0 Å². The Kier molecular flexibility index (Phi) is 7.70. The standard InChI is InChI=1S/C16H33N5O3/c1-10-8-14(17-9-11(2)22)20-15(18-10)21-16(23)19-12-4-6-13(24-3)7-5-12/h10-15,17-18,20,22H,4-9H2,1-3H3,(H2,19,21,23). The molecule has 4 atom stereocenters. The monoisotopic (exact) mass is 343 g/mol. The Hall–Kier alpha value is -0.930. The van der Waals surface area contributed by atoms with E-state index in [9.17, 15) is 9.90 Å². The highest BCUT2D eigenvalue weighted by Gasteiger charge is 2.27. The molecular formula is C16H33N5O3. The van der Waals surface area contributed by atoms with Gasteiger partial charge in [-0.15, -0.1) is 0 Å². The van der Waals surface area contributed by atoms with Crippen molar-refractivity contribution in [1.29, 1.82) is 0 Å². The summed E-state index contributed by atoms with van der Waals surface area (Å²) in [4.78, 5) is 12.2. The first-order chi connectivity index (χ1) is 11.5. The van der Waals surface area contributed by atoms with E-state index in [2.05, 4.69) is 33.5 Å². The molecule has 140 valence electrons. The summed E-state index contributed by atoms with van der Waals surface area (Å²) >= 11 is 0. The molecule has 0 bridgehead atoms. The number of ether oxygens (including phenoxy) is 1. The summed E-state index contributed by atoms with van der Waals surface area (Å²) in [5, 5.41) is 25.2. The van der Waals surface area contributed by atoms with Gasteiger partial charge >= 0.3 is 6.03 Å². The quantitative estimate of drug-likeness (QED) is 0.399. The maximum absolute atomic E-state index is 12.2. The molecule has 0 aromatic carbocycles. The minimum Gasteiger partial charge on any atom is -0.392 e. The molecule has 0 aromatic rings. The van der Waals surface area contributed by atoms with Gasteiger partial charge < -0.3 is 20.5 Å². The second-order valence-corrected chi connectivity index (χ2v) is 7.04. The van der Waals surface area contributed by atoms with Crippen LogP contribution < -0.4 is 26.6 Å². The number of methoxy groups -OCH3 is 1. The zero-order valence-electron chi connectivity index (χ0n) is 15.0. The largest absolute Gasteiger partial charge is 0.392 e. The summed E-state index contributed by atoms with van der Waals surface area (Å²) in [5.41, 5.74) is 0. The van der Waals surface area contributed by atoms with E-state index in [0.717, 1.165) is 32.1 Å². The van der Waals surface area contributed by atoms with E-state index < -0.39 is 6.10 Å². The predicted molar refractivity (Wildman–Crippen MR) is 92.3 cm³/mol. The van der Waals surface area contributed by atoms with Gasteiger partial charge in [-0.2, -0.15) is 0 Å². The molecule has 0 radical (unpaired) electrons. The number of aliphatic hydroxyl groups excluding tert-OH is 1. The summed E-state index contributed by atoms with van der Waals surface area (Å²) in [5.74, 6) is 0. The van der Waals surface area contributed by atoms with Gasteiger partial charge in [0, 0.05) is 25.7 Å². The van der Waals surface area contributed by atoms with Crippen LogP contribution in [0.5, 0.6) is 0 Å². The smallest absolute Gasteiger partial charge is 0.317 e. The lowest BCUT2D eigenvalue weighted by molar-refractivity contribution is 0.0633. The molecule has 1 aliphatic heterocycles. The molecule has 0 aromatic heterocycles. The van der Waals surface area contributed by atoms with Crippen LogP contribution in [0.1, 0.15) is 46.0 Å². The van der Waals surface area contributed by atoms with Crippen molar-refractivity contribution in [3.8, 4) is 0 Å². The molecule has 6 N–H and O–H groups in total. The molecule has 2 fully saturated rings. The van der Waals surface area contributed by atoms with Crippen LogP contribution in [-0.2, 0) is 4.74 Å². The second-order valence-electron chi connectivity index (χ2n) is 7.04. The van der Waals surface area contributed by atoms with Crippen molar-refractivity contribution in [3.05, 3.63) is 0 Å². The number of hydrogen-bond donors (Lipinski definition) is 6. The van der Waals surface area contributed by atoms with E-state index in [1.807, 2.05) is 0 Å². The van der Waals surface area contributed by atoms with Crippen LogP contribution >= 0.6 is 0 Å². The number of hydrogen-bond acceptors (Lipinski definition) is 6. The van der Waals surface area contributed by atoms with Gasteiger partial charge in [0.1, 0.15) is 6.29 Å². The van der Waals surface area contributed by atoms with Gasteiger partial charge in [-0.05, 0) is 46.0 Å². The van der Waals surface area contributed by atoms with Crippen molar-refractivity contribution >= 4 is 6.03 Å². The molecule has 1 saturated heterocycles. The van der Waals surface area contributed by atoms with Gasteiger partial charge in [0.15, 0.2) is 0 Å². The van der Waals surface area contributed by atoms with E-state index in [4.69, 9.17) is 4.74 Å². The Bertz CT molecular complexity index is 388. The number of nitrogens with one attached hydrogen (secondary N) is 5. The molecule has 1 saturated carbocycles. The van der Waals surface area contributed by atoms with Crippen molar-refractivity contribution in [2.45, 2.75) is 82.7 Å². The number of urea groups is 1. The first-order valence-electron chi connectivity index (χ1n) is 8.99. The molecule has 1 heterocycles. The summed E-state index contributed by atoms with van der Waals surface area (Å²) in [6, 6.07) is 0.311. The van der Waals surface area contributed by atoms with Gasteiger partial charge in [-0.1, -0.05) is 0 Å². The average Bonchev–Trinajstić information content (AvgIpc) is 2.53. The average molecular weight is 343 g/mol. The molecule has 8 heteroatoms. The molecule has 1 aliphatic carbocycles. The predicted octanol–water partition coefficient (Wildman–Crippen LogP) is -0.205. The van der Waals surface area contributed by atoms with Crippen LogP contribution in [0.4, 0.5) is 4.79 Å². The third kappa shape index (κ3) is 6.52. The van der Waals surface area contributed by atoms with Crippen molar-refractivity contribution in [2.75, 3.05) is 13.7 Å². The Morgan fingerprint density at radius 2 is 1.96 bits per heavy atom. The highest BCUT2D eigenvalue weighted by atomic mass is 16.5. The van der Waals surface area contributed by atoms with Crippen molar-refractivity contribution < 1.29 is 14.6 Å². The van der Waals surface area contributed by atoms with E-state index in [1.165, 1.54) is 0 Å². The fourth-order valence-corrected chi connectivity index (χ4v) is 3.36. The number of carbonyl (C=O) groups excluding carboxylic acids is 1. The van der Waals surface area contributed by atoms with Crippen LogP contribution in [0.3, 0.4) is 0 Å². The molecule has 2 amide bonds. The minimum atomic E-state index is -0.395. The van der Waals surface area contributed by atoms with Gasteiger partial charge in [0.05, 0.1) is 18.4 Å². The summed E-state index contributed by atoms with van der Waals surface area (Å²) in [7, 11) is 1.74. The third-order valence-corrected chi connectivity index (χ3v) is 4.69. The maximum atomic E-state index is 12.2. The lowest BCUT2D eigenvalue weighted by Gasteiger charge is -2.37. The lowest BCUT2D eigenvalue weighted by atomic mass is 9.93. The first kappa shape index (κ1) is 19.4. The molecule has 8 nitrogen and oxygen atoms in total. The number of rotatable bonds is 6. The zero-order valence-corrected chi connectivity index (χ0v) is 15.0. The van der Waals surface area contributed by atoms with Crippen LogP contribution in [-0.4, -0.2) is 61.5 Å².